The average molecular weight is 761 g/mol. The van der Waals surface area contributed by atoms with E-state index >= 15 is 0 Å². The highest BCUT2D eigenvalue weighted by Gasteiger charge is 2.37. The Morgan fingerprint density at radius 3 is 1.76 bits per heavy atom. The largest absolute Gasteiger partial charge is 0.310 e. The molecule has 59 heavy (non-hydrogen) atoms. The van der Waals surface area contributed by atoms with Crippen LogP contribution >= 0.6 is 0 Å². The molecule has 0 N–H and O–H groups in total. The molecule has 4 aliphatic carbocycles. The van der Waals surface area contributed by atoms with Crippen molar-refractivity contribution in [2.24, 2.45) is 0 Å². The second-order valence-corrected chi connectivity index (χ2v) is 17.1. The minimum absolute atomic E-state index is 0.214. The van der Waals surface area contributed by atoms with Gasteiger partial charge in [0.05, 0.1) is 11.4 Å². The molecule has 0 saturated carbocycles. The number of hydrogen-bond acceptors (Lipinski definition) is 2. The van der Waals surface area contributed by atoms with Crippen molar-refractivity contribution in [2.45, 2.75) is 57.3 Å². The molecule has 0 radical (unpaired) electrons. The van der Waals surface area contributed by atoms with Crippen LogP contribution in [0.5, 0.6) is 0 Å². The standard InChI is InChI=1S/C57H48N2/c1-57(2)53-37-47(58(45-20-4-3-5-21-45)55-24-12-18-41-15-8-10-22-49(41)55)32-34-51(53)52-35-33-48(38-54(52)57)59(56-25-13-19-42-16-9-11-23-50(42)56)46-30-28-40(29-31-46)44-27-26-39-14-6-7-17-43(39)36-44/h3-7,10-14,17-28,30-38,40H,8-9,15-16,29H2,1-2H3. The number of allylic oxidation sites excluding steroid dienone is 5. The Balaban J connectivity index is 0.992. The van der Waals surface area contributed by atoms with E-state index in [0.717, 1.165) is 32.1 Å². The summed E-state index contributed by atoms with van der Waals surface area (Å²) in [5.41, 5.74) is 19.3. The van der Waals surface area contributed by atoms with Gasteiger partial charge in [-0.2, -0.15) is 0 Å². The molecule has 0 amide bonds. The molecule has 2 nitrogen and oxygen atoms in total. The lowest BCUT2D eigenvalue weighted by atomic mass is 9.82. The summed E-state index contributed by atoms with van der Waals surface area (Å²) in [5.74, 6) is 0.338. The number of rotatable bonds is 7. The smallest absolute Gasteiger partial charge is 0.0536 e. The van der Waals surface area contributed by atoms with Crippen molar-refractivity contribution < 1.29 is 0 Å². The van der Waals surface area contributed by atoms with Crippen LogP contribution in [0.4, 0.5) is 28.4 Å². The Hall–Kier alpha value is -6.64. The van der Waals surface area contributed by atoms with Gasteiger partial charge in [-0.3, -0.25) is 0 Å². The first kappa shape index (κ1) is 35.5. The van der Waals surface area contributed by atoms with Gasteiger partial charge in [-0.05, 0) is 136 Å². The van der Waals surface area contributed by atoms with Crippen LogP contribution in [-0.4, -0.2) is 0 Å². The van der Waals surface area contributed by atoms with Gasteiger partial charge in [0, 0.05) is 45.2 Å². The van der Waals surface area contributed by atoms with Crippen LogP contribution in [0.1, 0.15) is 78.0 Å². The van der Waals surface area contributed by atoms with E-state index in [-0.39, 0.29) is 5.41 Å². The third kappa shape index (κ3) is 6.09. The van der Waals surface area contributed by atoms with E-state index < -0.39 is 0 Å². The van der Waals surface area contributed by atoms with Crippen LogP contribution in [0.2, 0.25) is 0 Å². The van der Waals surface area contributed by atoms with Crippen LogP contribution in [0.3, 0.4) is 0 Å². The first-order valence-corrected chi connectivity index (χ1v) is 21.4. The Kier molecular flexibility index (Phi) is 8.62. The van der Waals surface area contributed by atoms with Crippen molar-refractivity contribution >= 4 is 51.4 Å². The van der Waals surface area contributed by atoms with Gasteiger partial charge in [0.15, 0.2) is 0 Å². The average Bonchev–Trinajstić information content (AvgIpc) is 3.52. The van der Waals surface area contributed by atoms with Crippen molar-refractivity contribution in [1.82, 2.24) is 0 Å². The summed E-state index contributed by atoms with van der Waals surface area (Å²) in [5, 5.41) is 2.59. The van der Waals surface area contributed by atoms with Crippen molar-refractivity contribution in [3.05, 3.63) is 221 Å². The molecule has 1 unspecified atom stereocenters. The molecule has 1 atom stereocenters. The summed E-state index contributed by atoms with van der Waals surface area (Å²) in [6.07, 6.45) is 21.9. The molecule has 0 saturated heterocycles. The monoisotopic (exact) mass is 760 g/mol. The van der Waals surface area contributed by atoms with Crippen LogP contribution in [0, 0.1) is 0 Å². The maximum Gasteiger partial charge on any atom is 0.0536 e. The third-order valence-electron chi connectivity index (χ3n) is 13.3. The van der Waals surface area contributed by atoms with Crippen molar-refractivity contribution in [3.63, 3.8) is 0 Å². The zero-order valence-electron chi connectivity index (χ0n) is 33.9. The second-order valence-electron chi connectivity index (χ2n) is 17.1. The SMILES string of the molecule is CC1(C)c2cc(N(C3=CCC(c4ccc5ccccc5c4)C=C3)c3cccc4c3C=CCC4)ccc2-c2ccc(N(c3ccccc3)c3cccc4c3C=CCC4)cc21. The summed E-state index contributed by atoms with van der Waals surface area (Å²) in [6.45, 7) is 4.83. The molecule has 0 heterocycles. The van der Waals surface area contributed by atoms with Gasteiger partial charge in [0.1, 0.15) is 0 Å². The van der Waals surface area contributed by atoms with Gasteiger partial charge in [0.25, 0.3) is 0 Å². The lowest BCUT2D eigenvalue weighted by molar-refractivity contribution is 0.660. The van der Waals surface area contributed by atoms with Gasteiger partial charge < -0.3 is 9.80 Å². The summed E-state index contributed by atoms with van der Waals surface area (Å²) in [4.78, 5) is 4.98. The van der Waals surface area contributed by atoms with Crippen molar-refractivity contribution in [2.75, 3.05) is 9.80 Å². The van der Waals surface area contributed by atoms with E-state index in [1.807, 2.05) is 0 Å². The number of benzene rings is 7. The molecular formula is C57H48N2. The van der Waals surface area contributed by atoms with Gasteiger partial charge in [-0.25, -0.2) is 0 Å². The first-order valence-electron chi connectivity index (χ1n) is 21.4. The molecule has 0 fully saturated rings. The zero-order valence-corrected chi connectivity index (χ0v) is 33.9. The number of aryl methyl sites for hydroxylation is 2. The van der Waals surface area contributed by atoms with E-state index in [1.54, 1.807) is 0 Å². The van der Waals surface area contributed by atoms with E-state index in [1.165, 1.54) is 95.0 Å². The summed E-state index contributed by atoms with van der Waals surface area (Å²) < 4.78 is 0. The number of para-hydroxylation sites is 1. The minimum atomic E-state index is -0.214. The fourth-order valence-corrected chi connectivity index (χ4v) is 10.2. The molecule has 7 aromatic rings. The summed E-state index contributed by atoms with van der Waals surface area (Å²) >= 11 is 0. The topological polar surface area (TPSA) is 6.48 Å². The number of anilines is 5. The molecule has 2 heteroatoms. The maximum absolute atomic E-state index is 2.52. The number of nitrogens with zero attached hydrogens (tertiary/aromatic N) is 2. The zero-order chi connectivity index (χ0) is 39.5. The van der Waals surface area contributed by atoms with Crippen LogP contribution in [0.25, 0.3) is 34.1 Å². The highest BCUT2D eigenvalue weighted by atomic mass is 15.2. The third-order valence-corrected chi connectivity index (χ3v) is 13.3. The van der Waals surface area contributed by atoms with Gasteiger partial charge >= 0.3 is 0 Å². The summed E-state index contributed by atoms with van der Waals surface area (Å²) in [6, 6.07) is 54.5. The normalized spacial score (nSPS) is 16.8. The Labute approximate surface area is 348 Å². The predicted molar refractivity (Wildman–Crippen MR) is 251 cm³/mol. The molecule has 7 aromatic carbocycles. The van der Waals surface area contributed by atoms with E-state index in [2.05, 4.69) is 212 Å². The van der Waals surface area contributed by atoms with Crippen LogP contribution in [0.15, 0.2) is 182 Å². The van der Waals surface area contributed by atoms with E-state index in [9.17, 15) is 0 Å². The van der Waals surface area contributed by atoms with Gasteiger partial charge in [0.2, 0.25) is 0 Å². The van der Waals surface area contributed by atoms with Crippen LogP contribution in [-0.2, 0) is 18.3 Å². The Morgan fingerprint density at radius 2 is 1.12 bits per heavy atom. The molecule has 4 aliphatic rings. The molecule has 286 valence electrons. The Bertz CT molecular complexity index is 2900. The van der Waals surface area contributed by atoms with Crippen molar-refractivity contribution in [1.29, 1.82) is 0 Å². The van der Waals surface area contributed by atoms with E-state index in [0.29, 0.717) is 5.92 Å². The molecule has 0 spiro atoms. The fourth-order valence-electron chi connectivity index (χ4n) is 10.2. The van der Waals surface area contributed by atoms with Crippen LogP contribution < -0.4 is 9.80 Å². The quantitative estimate of drug-likeness (QED) is 0.160. The fraction of sp³-hybridized carbons (Fsp3) is 0.158. The molecule has 0 aliphatic heterocycles. The second kappa shape index (κ2) is 14.3. The highest BCUT2D eigenvalue weighted by molar-refractivity contribution is 5.90. The Morgan fingerprint density at radius 1 is 0.508 bits per heavy atom. The van der Waals surface area contributed by atoms with Gasteiger partial charge in [-0.1, -0.05) is 147 Å². The lowest BCUT2D eigenvalue weighted by Crippen LogP contribution is -2.21. The predicted octanol–water partition coefficient (Wildman–Crippen LogP) is 15.3. The van der Waals surface area contributed by atoms with Gasteiger partial charge in [-0.15, -0.1) is 0 Å². The highest BCUT2D eigenvalue weighted by Crippen LogP contribution is 2.53. The number of hydrogen-bond donors (Lipinski definition) is 0. The summed E-state index contributed by atoms with van der Waals surface area (Å²) in [7, 11) is 0. The molecule has 0 aromatic heterocycles. The first-order chi connectivity index (χ1) is 29.0. The molecule has 0 bridgehead atoms. The molecular weight excluding hydrogens is 713 g/mol. The van der Waals surface area contributed by atoms with E-state index in [4.69, 9.17) is 0 Å². The maximum atomic E-state index is 2.52. The number of fused-ring (bicyclic) bond motifs is 6. The van der Waals surface area contributed by atoms with Crippen molar-refractivity contribution in [3.8, 4) is 11.1 Å². The molecule has 11 rings (SSSR count). The lowest BCUT2D eigenvalue weighted by Gasteiger charge is -2.33. The minimum Gasteiger partial charge on any atom is -0.310 e.